The highest BCUT2D eigenvalue weighted by atomic mass is 35.5. The lowest BCUT2D eigenvalue weighted by atomic mass is 10.1. The van der Waals surface area contributed by atoms with Gasteiger partial charge in [-0.2, -0.15) is 5.10 Å². The van der Waals surface area contributed by atoms with Gasteiger partial charge in [0.15, 0.2) is 0 Å². The summed E-state index contributed by atoms with van der Waals surface area (Å²) in [6, 6.07) is 16.1. The van der Waals surface area contributed by atoms with Crippen LogP contribution in [0.25, 0.3) is 21.3 Å². The number of halogens is 2. The molecule has 0 aliphatic carbocycles. The van der Waals surface area contributed by atoms with Crippen molar-refractivity contribution in [2.24, 2.45) is 0 Å². The molecule has 0 amide bonds. The van der Waals surface area contributed by atoms with Gasteiger partial charge in [0.2, 0.25) is 0 Å². The first kappa shape index (κ1) is 19.9. The number of aromatic nitrogens is 2. The largest absolute Gasteiger partial charge is 0.489 e. The van der Waals surface area contributed by atoms with Crippen molar-refractivity contribution in [1.82, 2.24) is 9.78 Å². The Balaban J connectivity index is 1.60. The van der Waals surface area contributed by atoms with E-state index in [1.54, 1.807) is 35.6 Å². The summed E-state index contributed by atoms with van der Waals surface area (Å²) in [5, 5.41) is 19.1. The minimum absolute atomic E-state index is 0.00669. The first-order valence-electron chi connectivity index (χ1n) is 8.82. The van der Waals surface area contributed by atoms with Crippen molar-refractivity contribution in [1.29, 1.82) is 0 Å². The van der Waals surface area contributed by atoms with Crippen molar-refractivity contribution < 1.29 is 9.84 Å². The Labute approximate surface area is 180 Å². The number of thiophene rings is 1. The van der Waals surface area contributed by atoms with Gasteiger partial charge in [-0.3, -0.25) is 4.79 Å². The molecule has 2 aromatic heterocycles. The van der Waals surface area contributed by atoms with Gasteiger partial charge in [-0.25, -0.2) is 4.68 Å². The molecule has 4 aromatic rings. The molecular weight excluding hydrogens is 431 g/mol. The van der Waals surface area contributed by atoms with Crippen LogP contribution >= 0.6 is 34.5 Å². The lowest BCUT2D eigenvalue weighted by molar-refractivity contribution is 0.0883. The third kappa shape index (κ3) is 4.31. The number of rotatable bonds is 6. The SMILES string of the molecule is O=c1c2ccccc2c(-c2cccs2)nn1CC(O)COc1ccc(Cl)cc1Cl. The van der Waals surface area contributed by atoms with Crippen LogP contribution in [0, 0.1) is 0 Å². The van der Waals surface area contributed by atoms with E-state index in [0.717, 1.165) is 10.3 Å². The van der Waals surface area contributed by atoms with Crippen LogP contribution < -0.4 is 10.3 Å². The molecular formula is C21H16Cl2N2O3S. The molecule has 0 aliphatic rings. The van der Waals surface area contributed by atoms with Crippen molar-refractivity contribution in [3.63, 3.8) is 0 Å². The van der Waals surface area contributed by atoms with E-state index in [1.165, 1.54) is 4.68 Å². The van der Waals surface area contributed by atoms with Gasteiger partial charge in [0.05, 0.1) is 21.8 Å². The van der Waals surface area contributed by atoms with Crippen LogP contribution in [0.1, 0.15) is 0 Å². The fraction of sp³-hybridized carbons (Fsp3) is 0.143. The van der Waals surface area contributed by atoms with E-state index in [1.807, 2.05) is 35.7 Å². The van der Waals surface area contributed by atoms with Gasteiger partial charge in [-0.05, 0) is 35.7 Å². The monoisotopic (exact) mass is 446 g/mol. The molecule has 2 heterocycles. The number of fused-ring (bicyclic) bond motifs is 1. The highest BCUT2D eigenvalue weighted by Crippen LogP contribution is 2.29. The standard InChI is InChI=1S/C21H16Cl2N2O3S/c22-13-7-8-18(17(23)10-13)28-12-14(26)11-25-21(27)16-5-2-1-4-15(16)20(24-25)19-6-3-9-29-19/h1-10,14,26H,11-12H2. The highest BCUT2D eigenvalue weighted by Gasteiger charge is 2.16. The van der Waals surface area contributed by atoms with E-state index in [0.29, 0.717) is 26.9 Å². The van der Waals surface area contributed by atoms with Gasteiger partial charge in [-0.15, -0.1) is 11.3 Å². The van der Waals surface area contributed by atoms with Gasteiger partial charge in [0, 0.05) is 10.4 Å². The van der Waals surface area contributed by atoms with Crippen LogP contribution in [0.4, 0.5) is 0 Å². The summed E-state index contributed by atoms with van der Waals surface area (Å²) in [7, 11) is 0. The summed E-state index contributed by atoms with van der Waals surface area (Å²) in [6.45, 7) is -0.0517. The summed E-state index contributed by atoms with van der Waals surface area (Å²) in [5.74, 6) is 0.410. The molecule has 8 heteroatoms. The third-order valence-electron chi connectivity index (χ3n) is 4.33. The van der Waals surface area contributed by atoms with Crippen LogP contribution in [0.15, 0.2) is 64.8 Å². The lowest BCUT2D eigenvalue weighted by Gasteiger charge is -2.15. The van der Waals surface area contributed by atoms with Gasteiger partial charge in [0.1, 0.15) is 24.2 Å². The number of aliphatic hydroxyl groups is 1. The zero-order valence-corrected chi connectivity index (χ0v) is 17.4. The Morgan fingerprint density at radius 3 is 2.62 bits per heavy atom. The Kier molecular flexibility index (Phi) is 5.87. The second-order valence-electron chi connectivity index (χ2n) is 6.40. The maximum absolute atomic E-state index is 12.9. The third-order valence-corrected chi connectivity index (χ3v) is 5.74. The van der Waals surface area contributed by atoms with Crippen LogP contribution in [0.2, 0.25) is 10.0 Å². The summed E-state index contributed by atoms with van der Waals surface area (Å²) < 4.78 is 6.86. The fourth-order valence-corrected chi connectivity index (χ4v) is 4.17. The van der Waals surface area contributed by atoms with E-state index in [-0.39, 0.29) is 18.7 Å². The molecule has 148 valence electrons. The Morgan fingerprint density at radius 1 is 1.10 bits per heavy atom. The minimum Gasteiger partial charge on any atom is -0.489 e. The molecule has 0 bridgehead atoms. The predicted molar refractivity (Wildman–Crippen MR) is 117 cm³/mol. The average molecular weight is 447 g/mol. The second-order valence-corrected chi connectivity index (χ2v) is 8.19. The quantitative estimate of drug-likeness (QED) is 0.458. The van der Waals surface area contributed by atoms with Crippen molar-refractivity contribution in [3.05, 3.63) is 80.4 Å². The van der Waals surface area contributed by atoms with E-state index < -0.39 is 6.10 Å². The maximum Gasteiger partial charge on any atom is 0.274 e. The van der Waals surface area contributed by atoms with Crippen molar-refractivity contribution in [2.45, 2.75) is 12.6 Å². The van der Waals surface area contributed by atoms with E-state index in [2.05, 4.69) is 5.10 Å². The van der Waals surface area contributed by atoms with Crippen LogP contribution in [-0.4, -0.2) is 27.6 Å². The summed E-state index contributed by atoms with van der Waals surface area (Å²) in [5.41, 5.74) is 0.452. The van der Waals surface area contributed by atoms with E-state index >= 15 is 0 Å². The Bertz CT molecular complexity index is 1210. The van der Waals surface area contributed by atoms with Crippen LogP contribution in [0.3, 0.4) is 0 Å². The van der Waals surface area contributed by atoms with Crippen molar-refractivity contribution >= 4 is 45.3 Å². The molecule has 1 unspecified atom stereocenters. The summed E-state index contributed by atoms with van der Waals surface area (Å²) in [6.07, 6.45) is -0.954. The summed E-state index contributed by atoms with van der Waals surface area (Å²) in [4.78, 5) is 13.8. The molecule has 0 radical (unpaired) electrons. The molecule has 0 spiro atoms. The molecule has 29 heavy (non-hydrogen) atoms. The van der Waals surface area contributed by atoms with Crippen molar-refractivity contribution in [2.75, 3.05) is 6.61 Å². The minimum atomic E-state index is -0.954. The zero-order valence-electron chi connectivity index (χ0n) is 15.1. The number of aliphatic hydroxyl groups excluding tert-OH is 1. The number of hydrogen-bond donors (Lipinski definition) is 1. The molecule has 0 saturated heterocycles. The zero-order chi connectivity index (χ0) is 20.4. The van der Waals surface area contributed by atoms with Crippen LogP contribution in [-0.2, 0) is 6.54 Å². The fourth-order valence-electron chi connectivity index (χ4n) is 2.98. The van der Waals surface area contributed by atoms with E-state index in [4.69, 9.17) is 27.9 Å². The number of benzene rings is 2. The molecule has 0 fully saturated rings. The number of nitrogens with zero attached hydrogens (tertiary/aromatic N) is 2. The number of hydrogen-bond acceptors (Lipinski definition) is 5. The molecule has 0 saturated carbocycles. The van der Waals surface area contributed by atoms with Crippen molar-refractivity contribution in [3.8, 4) is 16.3 Å². The first-order valence-corrected chi connectivity index (χ1v) is 10.5. The average Bonchev–Trinajstić information content (AvgIpc) is 3.24. The van der Waals surface area contributed by atoms with Crippen LogP contribution in [0.5, 0.6) is 5.75 Å². The normalized spacial score (nSPS) is 12.2. The van der Waals surface area contributed by atoms with E-state index in [9.17, 15) is 9.90 Å². The molecule has 2 aromatic carbocycles. The number of ether oxygens (including phenoxy) is 1. The van der Waals surface area contributed by atoms with Gasteiger partial charge < -0.3 is 9.84 Å². The maximum atomic E-state index is 12.9. The van der Waals surface area contributed by atoms with Gasteiger partial charge in [-0.1, -0.05) is 47.5 Å². The molecule has 4 rings (SSSR count). The Morgan fingerprint density at radius 2 is 1.90 bits per heavy atom. The summed E-state index contributed by atoms with van der Waals surface area (Å²) >= 11 is 13.5. The van der Waals surface area contributed by atoms with Gasteiger partial charge >= 0.3 is 0 Å². The Hall–Kier alpha value is -2.38. The molecule has 0 aliphatic heterocycles. The predicted octanol–water partition coefficient (Wildman–Crippen LogP) is 4.87. The lowest BCUT2D eigenvalue weighted by Crippen LogP contribution is -2.32. The van der Waals surface area contributed by atoms with Gasteiger partial charge in [0.25, 0.3) is 5.56 Å². The smallest absolute Gasteiger partial charge is 0.274 e. The molecule has 1 N–H and O–H groups in total. The second kappa shape index (κ2) is 8.55. The first-order chi connectivity index (χ1) is 14.0. The molecule has 1 atom stereocenters. The highest BCUT2D eigenvalue weighted by molar-refractivity contribution is 7.13. The topological polar surface area (TPSA) is 64.4 Å². The molecule has 5 nitrogen and oxygen atoms in total.